The summed E-state index contributed by atoms with van der Waals surface area (Å²) in [5, 5.41) is 3.07. The summed E-state index contributed by atoms with van der Waals surface area (Å²) in [6.07, 6.45) is 3.91. The van der Waals surface area contributed by atoms with Crippen molar-refractivity contribution in [3.8, 4) is 0 Å². The normalized spacial score (nSPS) is 14.7. The first-order chi connectivity index (χ1) is 13.0. The Labute approximate surface area is 156 Å². The molecule has 2 aromatic heterocycles. The summed E-state index contributed by atoms with van der Waals surface area (Å²) in [7, 11) is 1.60. The summed E-state index contributed by atoms with van der Waals surface area (Å²) in [6, 6.07) is 7.82. The van der Waals surface area contributed by atoms with Crippen LogP contribution in [0.1, 0.15) is 34.5 Å². The van der Waals surface area contributed by atoms with Crippen LogP contribution in [0.25, 0.3) is 11.1 Å². The van der Waals surface area contributed by atoms with Crippen molar-refractivity contribution < 1.29 is 9.21 Å². The van der Waals surface area contributed by atoms with Crippen LogP contribution in [-0.4, -0.2) is 33.4 Å². The number of anilines is 1. The fraction of sp³-hybridized carbons (Fsp3) is 0.350. The number of nitrogens with one attached hydrogen (secondary N) is 1. The van der Waals surface area contributed by atoms with Crippen molar-refractivity contribution in [1.82, 2.24) is 14.5 Å². The fourth-order valence-corrected chi connectivity index (χ4v) is 3.55. The molecule has 1 amide bonds. The summed E-state index contributed by atoms with van der Waals surface area (Å²) in [6.45, 7) is 4.89. The maximum absolute atomic E-state index is 12.8. The first-order valence-corrected chi connectivity index (χ1v) is 9.10. The van der Waals surface area contributed by atoms with Crippen molar-refractivity contribution >= 4 is 22.7 Å². The van der Waals surface area contributed by atoms with Crippen LogP contribution in [-0.2, 0) is 13.6 Å². The van der Waals surface area contributed by atoms with Crippen molar-refractivity contribution in [3.05, 3.63) is 57.8 Å². The van der Waals surface area contributed by atoms with Gasteiger partial charge < -0.3 is 14.3 Å². The third-order valence-electron chi connectivity index (χ3n) is 4.99. The molecule has 140 valence electrons. The average molecular weight is 366 g/mol. The van der Waals surface area contributed by atoms with Gasteiger partial charge in [0, 0.05) is 19.3 Å². The van der Waals surface area contributed by atoms with E-state index in [2.05, 4.69) is 15.2 Å². The van der Waals surface area contributed by atoms with Gasteiger partial charge in [-0.2, -0.15) is 0 Å². The Kier molecular flexibility index (Phi) is 4.53. The molecule has 1 aliphatic rings. The van der Waals surface area contributed by atoms with Crippen LogP contribution in [0.4, 0.5) is 5.69 Å². The highest BCUT2D eigenvalue weighted by molar-refractivity contribution is 6.12. The van der Waals surface area contributed by atoms with Crippen molar-refractivity contribution in [1.29, 1.82) is 0 Å². The van der Waals surface area contributed by atoms with E-state index in [9.17, 15) is 9.59 Å². The van der Waals surface area contributed by atoms with Crippen molar-refractivity contribution in [2.24, 2.45) is 7.05 Å². The Morgan fingerprint density at radius 3 is 2.63 bits per heavy atom. The van der Waals surface area contributed by atoms with E-state index in [0.717, 1.165) is 19.6 Å². The predicted octanol–water partition coefficient (Wildman–Crippen LogP) is 2.68. The van der Waals surface area contributed by atoms with Gasteiger partial charge in [-0.15, -0.1) is 0 Å². The summed E-state index contributed by atoms with van der Waals surface area (Å²) < 4.78 is 6.83. The van der Waals surface area contributed by atoms with E-state index in [-0.39, 0.29) is 28.1 Å². The lowest BCUT2D eigenvalue weighted by Crippen LogP contribution is -2.20. The summed E-state index contributed by atoms with van der Waals surface area (Å²) in [5.41, 5.74) is 2.02. The first-order valence-electron chi connectivity index (χ1n) is 9.10. The van der Waals surface area contributed by atoms with Gasteiger partial charge in [0.2, 0.25) is 5.71 Å². The third-order valence-corrected chi connectivity index (χ3v) is 4.99. The van der Waals surface area contributed by atoms with Crippen LogP contribution >= 0.6 is 0 Å². The zero-order valence-electron chi connectivity index (χ0n) is 15.5. The molecule has 3 aromatic rings. The van der Waals surface area contributed by atoms with Gasteiger partial charge in [-0.3, -0.25) is 14.5 Å². The zero-order chi connectivity index (χ0) is 19.0. The zero-order valence-corrected chi connectivity index (χ0v) is 15.5. The number of hydrogen-bond acceptors (Lipinski definition) is 5. The molecule has 27 heavy (non-hydrogen) atoms. The molecule has 1 saturated heterocycles. The number of fused-ring (bicyclic) bond motifs is 1. The van der Waals surface area contributed by atoms with E-state index in [0.29, 0.717) is 11.4 Å². The highest BCUT2D eigenvalue weighted by Gasteiger charge is 2.22. The van der Waals surface area contributed by atoms with Gasteiger partial charge in [-0.05, 0) is 50.6 Å². The highest BCUT2D eigenvalue weighted by Crippen LogP contribution is 2.22. The molecule has 1 aliphatic heterocycles. The Morgan fingerprint density at radius 2 is 1.93 bits per heavy atom. The third kappa shape index (κ3) is 3.38. The van der Waals surface area contributed by atoms with Gasteiger partial charge in [0.25, 0.3) is 11.5 Å². The monoisotopic (exact) mass is 366 g/mol. The Hall–Kier alpha value is -2.93. The van der Waals surface area contributed by atoms with Gasteiger partial charge in [0.15, 0.2) is 0 Å². The minimum Gasteiger partial charge on any atom is -0.442 e. The molecule has 3 heterocycles. The van der Waals surface area contributed by atoms with E-state index >= 15 is 0 Å². The predicted molar refractivity (Wildman–Crippen MR) is 103 cm³/mol. The molecule has 1 N–H and O–H groups in total. The average Bonchev–Trinajstić information content (AvgIpc) is 3.27. The SMILES string of the molecule is Cc1oc2ncn(C)c(=O)c2c1C(=O)Nc1ccc(CN2CCCC2)cc1. The molecule has 1 aromatic carbocycles. The standard InChI is InChI=1S/C20H22N4O3/c1-13-16(17-19(27-13)21-12-23(2)20(17)26)18(25)22-15-7-5-14(6-8-15)11-24-9-3-4-10-24/h5-8,12H,3-4,9-11H2,1-2H3,(H,22,25). The number of aryl methyl sites for hydroxylation is 2. The smallest absolute Gasteiger partial charge is 0.265 e. The van der Waals surface area contributed by atoms with Crippen LogP contribution in [0.15, 0.2) is 39.8 Å². The Morgan fingerprint density at radius 1 is 1.22 bits per heavy atom. The van der Waals surface area contributed by atoms with E-state index in [1.54, 1.807) is 14.0 Å². The number of benzene rings is 1. The van der Waals surface area contributed by atoms with Gasteiger partial charge in [0.1, 0.15) is 17.5 Å². The van der Waals surface area contributed by atoms with E-state index < -0.39 is 0 Å². The molecule has 4 rings (SSSR count). The van der Waals surface area contributed by atoms with Crippen LogP contribution in [0, 0.1) is 6.92 Å². The van der Waals surface area contributed by atoms with Gasteiger partial charge in [-0.25, -0.2) is 4.98 Å². The lowest BCUT2D eigenvalue weighted by molar-refractivity contribution is 0.102. The highest BCUT2D eigenvalue weighted by atomic mass is 16.3. The largest absolute Gasteiger partial charge is 0.442 e. The summed E-state index contributed by atoms with van der Waals surface area (Å²) >= 11 is 0. The van der Waals surface area contributed by atoms with Crippen LogP contribution < -0.4 is 10.9 Å². The number of likely N-dealkylation sites (tertiary alicyclic amines) is 1. The minimum absolute atomic E-state index is 0.182. The second kappa shape index (κ2) is 7.00. The minimum atomic E-state index is -0.372. The van der Waals surface area contributed by atoms with E-state index in [4.69, 9.17) is 4.42 Å². The van der Waals surface area contributed by atoms with E-state index in [1.165, 1.54) is 29.3 Å². The van der Waals surface area contributed by atoms with E-state index in [1.807, 2.05) is 24.3 Å². The maximum Gasteiger partial charge on any atom is 0.265 e. The molecular weight excluding hydrogens is 344 g/mol. The maximum atomic E-state index is 12.8. The van der Waals surface area contributed by atoms with Crippen molar-refractivity contribution in [2.45, 2.75) is 26.3 Å². The first kappa shape index (κ1) is 17.5. The number of carbonyl (C=O) groups is 1. The van der Waals surface area contributed by atoms with Crippen LogP contribution in [0.2, 0.25) is 0 Å². The number of carbonyl (C=O) groups excluding carboxylic acids is 1. The molecule has 7 heteroatoms. The molecule has 0 bridgehead atoms. The molecule has 0 spiro atoms. The molecule has 1 fully saturated rings. The molecule has 0 saturated carbocycles. The van der Waals surface area contributed by atoms with Crippen LogP contribution in [0.3, 0.4) is 0 Å². The second-order valence-corrected chi connectivity index (χ2v) is 7.01. The fourth-order valence-electron chi connectivity index (χ4n) is 3.55. The molecule has 0 atom stereocenters. The van der Waals surface area contributed by atoms with Gasteiger partial charge >= 0.3 is 0 Å². The molecule has 0 aliphatic carbocycles. The Bertz CT molecular complexity index is 1040. The number of furan rings is 1. The number of rotatable bonds is 4. The van der Waals surface area contributed by atoms with Crippen molar-refractivity contribution in [3.63, 3.8) is 0 Å². The number of aromatic nitrogens is 2. The molecular formula is C20H22N4O3. The molecule has 7 nitrogen and oxygen atoms in total. The summed E-state index contributed by atoms with van der Waals surface area (Å²) in [4.78, 5) is 31.7. The Balaban J connectivity index is 1.56. The van der Waals surface area contributed by atoms with Gasteiger partial charge in [0.05, 0.1) is 5.56 Å². The van der Waals surface area contributed by atoms with Crippen molar-refractivity contribution in [2.75, 3.05) is 18.4 Å². The molecule has 0 radical (unpaired) electrons. The van der Waals surface area contributed by atoms with Crippen LogP contribution in [0.5, 0.6) is 0 Å². The number of hydrogen-bond donors (Lipinski definition) is 1. The lowest BCUT2D eigenvalue weighted by atomic mass is 10.1. The quantitative estimate of drug-likeness (QED) is 0.768. The number of nitrogens with zero attached hydrogens (tertiary/aromatic N) is 3. The van der Waals surface area contributed by atoms with Gasteiger partial charge in [-0.1, -0.05) is 12.1 Å². The molecule has 0 unspecified atom stereocenters. The topological polar surface area (TPSA) is 80.4 Å². The lowest BCUT2D eigenvalue weighted by Gasteiger charge is -2.14. The summed E-state index contributed by atoms with van der Waals surface area (Å²) in [5.74, 6) is 0.00703. The number of amides is 1. The second-order valence-electron chi connectivity index (χ2n) is 7.01.